The van der Waals surface area contributed by atoms with Crippen molar-refractivity contribution in [3.63, 3.8) is 0 Å². The molecule has 0 aromatic carbocycles. The molecule has 0 aromatic rings. The third-order valence-corrected chi connectivity index (χ3v) is 0.125. The van der Waals surface area contributed by atoms with Gasteiger partial charge in [0.15, 0.2) is 0 Å². The number of hydrogen-bond donors (Lipinski definition) is 1. The van der Waals surface area contributed by atoms with Crippen molar-refractivity contribution in [1.29, 1.82) is 0 Å². The van der Waals surface area contributed by atoms with Crippen LogP contribution >= 0.6 is 0 Å². The highest BCUT2D eigenvalue weighted by molar-refractivity contribution is 4.28. The Balaban J connectivity index is 5.03. The fourth-order valence-electron chi connectivity index (χ4n) is 0.0312. The highest BCUT2D eigenvalue weighted by Crippen LogP contribution is 1.62. The Bertz CT molecular complexity index is 223. The molecule has 1 nitrogen and oxygen atoms in total. The first kappa shape index (κ1) is 0.399. The molecule has 1 N–H and O–H groups in total. The molecule has 0 rings (SSSR count). The first-order chi connectivity index (χ1) is 6.21. The Morgan fingerprint density at radius 1 is 2.20 bits per heavy atom. The van der Waals surface area contributed by atoms with Gasteiger partial charge in [0.2, 0.25) is 0 Å². The van der Waals surface area contributed by atoms with E-state index in [1.54, 1.807) is 0 Å². The molecule has 0 unspecified atom stereocenters. The van der Waals surface area contributed by atoms with Gasteiger partial charge in [-0.05, 0) is 19.8 Å². The van der Waals surface area contributed by atoms with Crippen molar-refractivity contribution in [2.24, 2.45) is 0 Å². The van der Waals surface area contributed by atoms with Gasteiger partial charge >= 0.3 is 0 Å². The lowest BCUT2D eigenvalue weighted by molar-refractivity contribution is 0.772. The molecule has 0 amide bonds. The van der Waals surface area contributed by atoms with E-state index in [2.05, 4.69) is 0 Å². The van der Waals surface area contributed by atoms with E-state index >= 15 is 0 Å². The Hall–Kier alpha value is -0.0400. The van der Waals surface area contributed by atoms with E-state index in [-0.39, 0.29) is 0 Å². The van der Waals surface area contributed by atoms with E-state index < -0.39 is 26.7 Å². The zero-order valence-corrected chi connectivity index (χ0v) is 2.50. The zero-order valence-electron chi connectivity index (χ0n) is 12.5. The Labute approximate surface area is 47.4 Å². The molecule has 0 atom stereocenters. The van der Waals surface area contributed by atoms with E-state index in [1.165, 1.54) is 5.32 Å². The van der Waals surface area contributed by atoms with Gasteiger partial charge in [-0.2, -0.15) is 0 Å². The Kier molecular flexibility index (Phi) is 0.316. The van der Waals surface area contributed by atoms with E-state index in [9.17, 15) is 0 Å². The van der Waals surface area contributed by atoms with Gasteiger partial charge in [-0.15, -0.1) is 0 Å². The van der Waals surface area contributed by atoms with Gasteiger partial charge in [0, 0.05) is 13.7 Å². The lowest BCUT2D eigenvalue weighted by Crippen LogP contribution is -2.04. The summed E-state index contributed by atoms with van der Waals surface area (Å²) in [5.41, 5.74) is 0. The summed E-state index contributed by atoms with van der Waals surface area (Å²) in [6.07, 6.45) is -3.30. The monoisotopic (exact) mass is 83.2 g/mol. The van der Waals surface area contributed by atoms with Crippen LogP contribution in [0.25, 0.3) is 0 Å². The van der Waals surface area contributed by atoms with Crippen molar-refractivity contribution in [3.8, 4) is 0 Å². The molecule has 0 saturated carbocycles. The number of rotatable bonds is 2. The minimum Gasteiger partial charge on any atom is -0.320 e. The SMILES string of the molecule is [2H]C([2H])([2H])NC([2H])([2H])C([2H])([2H])C([2H])([2H])[2H]. The highest BCUT2D eigenvalue weighted by atomic mass is 14.8. The minimum atomic E-state index is -3.30. The van der Waals surface area contributed by atoms with Crippen LogP contribution in [0.1, 0.15) is 26.9 Å². The lowest BCUT2D eigenvalue weighted by Gasteiger charge is -1.84. The third kappa shape index (κ3) is 3.96. The average Bonchev–Trinajstić information content (AvgIpc) is 1.77. The molecule has 32 valence electrons. The maximum atomic E-state index is 7.10. The Morgan fingerprint density at radius 3 is 3.80 bits per heavy atom. The second-order valence-corrected chi connectivity index (χ2v) is 0.375. The molecule has 0 aromatic heterocycles. The summed E-state index contributed by atoms with van der Waals surface area (Å²) >= 11 is 0. The van der Waals surface area contributed by atoms with Gasteiger partial charge in [-0.25, -0.2) is 0 Å². The molecule has 0 aliphatic rings. The third-order valence-electron chi connectivity index (χ3n) is 0.125. The Morgan fingerprint density at radius 2 is 3.20 bits per heavy atom. The molecule has 0 radical (unpaired) electrons. The first-order valence-corrected chi connectivity index (χ1v) is 1.00. The van der Waals surface area contributed by atoms with Crippen LogP contribution in [0.3, 0.4) is 0 Å². The van der Waals surface area contributed by atoms with Crippen molar-refractivity contribution in [2.45, 2.75) is 13.2 Å². The van der Waals surface area contributed by atoms with E-state index in [0.29, 0.717) is 0 Å². The largest absolute Gasteiger partial charge is 0.320 e. The van der Waals surface area contributed by atoms with Crippen molar-refractivity contribution >= 4 is 0 Å². The summed E-state index contributed by atoms with van der Waals surface area (Å²) in [6, 6.07) is 0. The summed E-state index contributed by atoms with van der Waals surface area (Å²) < 4.78 is 68.8. The molecule has 0 bridgehead atoms. The van der Waals surface area contributed by atoms with Gasteiger partial charge in [0.25, 0.3) is 0 Å². The second-order valence-electron chi connectivity index (χ2n) is 0.375. The fraction of sp³-hybridized carbons (Fsp3) is 1.00. The maximum Gasteiger partial charge on any atom is 0.0428 e. The summed E-state index contributed by atoms with van der Waals surface area (Å²) in [5, 5.41) is 1.34. The van der Waals surface area contributed by atoms with Crippen molar-refractivity contribution in [2.75, 3.05) is 13.5 Å². The molecule has 0 saturated heterocycles. The molecule has 1 heteroatoms. The standard InChI is InChI=1S/C4H11N/c1-3-4-5-2/h5H,3-4H2,1-2H3/i1D3,2D3,3D2,4D2. The van der Waals surface area contributed by atoms with Gasteiger partial charge in [0.1, 0.15) is 0 Å². The molecule has 5 heavy (non-hydrogen) atoms. The van der Waals surface area contributed by atoms with Gasteiger partial charge in [-0.1, -0.05) is 6.85 Å². The second kappa shape index (κ2) is 3.96. The summed E-state index contributed by atoms with van der Waals surface area (Å²) in [5.74, 6) is 0. The van der Waals surface area contributed by atoms with E-state index in [0.717, 1.165) is 0 Å². The van der Waals surface area contributed by atoms with E-state index in [4.69, 9.17) is 13.7 Å². The smallest absolute Gasteiger partial charge is 0.0428 e. The van der Waals surface area contributed by atoms with Crippen LogP contribution in [0.4, 0.5) is 0 Å². The normalized spacial score (nSPS) is 48.8. The number of hydrogen-bond acceptors (Lipinski definition) is 1. The summed E-state index contributed by atoms with van der Waals surface area (Å²) in [4.78, 5) is 0. The van der Waals surface area contributed by atoms with Gasteiger partial charge < -0.3 is 5.32 Å². The average molecular weight is 83.2 g/mol. The van der Waals surface area contributed by atoms with Crippen LogP contribution < -0.4 is 5.32 Å². The molecular weight excluding hydrogens is 62.1 g/mol. The minimum absolute atomic E-state index is 1.34. The molecule has 0 aliphatic carbocycles. The predicted octanol–water partition coefficient (Wildman–Crippen LogP) is 0.616. The highest BCUT2D eigenvalue weighted by Gasteiger charge is 1.64. The van der Waals surface area contributed by atoms with Crippen LogP contribution in [-0.4, -0.2) is 13.5 Å². The topological polar surface area (TPSA) is 12.0 Å². The van der Waals surface area contributed by atoms with Crippen LogP contribution in [-0.2, 0) is 0 Å². The quantitative estimate of drug-likeness (QED) is 0.516. The van der Waals surface area contributed by atoms with Crippen LogP contribution in [0.2, 0.25) is 0 Å². The fourth-order valence-corrected chi connectivity index (χ4v) is 0.0312. The molecule has 0 spiro atoms. The van der Waals surface area contributed by atoms with Crippen LogP contribution in [0.15, 0.2) is 0 Å². The molecule has 0 fully saturated rings. The van der Waals surface area contributed by atoms with Crippen molar-refractivity contribution in [1.82, 2.24) is 5.32 Å². The molecule has 0 heterocycles. The van der Waals surface area contributed by atoms with Gasteiger partial charge in [0.05, 0.1) is 0 Å². The summed E-state index contributed by atoms with van der Waals surface area (Å²) in [7, 11) is 0. The first-order valence-electron chi connectivity index (χ1n) is 6.00. The number of nitrogens with one attached hydrogen (secondary N) is 1. The summed E-state index contributed by atoms with van der Waals surface area (Å²) in [6.45, 7) is -9.39. The lowest BCUT2D eigenvalue weighted by atomic mass is 10.5. The van der Waals surface area contributed by atoms with Gasteiger partial charge in [-0.3, -0.25) is 0 Å². The van der Waals surface area contributed by atoms with Crippen molar-refractivity contribution in [3.05, 3.63) is 0 Å². The van der Waals surface area contributed by atoms with Crippen LogP contribution in [0.5, 0.6) is 0 Å². The predicted molar refractivity (Wildman–Crippen MR) is 24.2 cm³/mol. The molecule has 0 aliphatic heterocycles. The zero-order chi connectivity index (χ0) is 12.7. The van der Waals surface area contributed by atoms with Crippen LogP contribution in [0, 0.1) is 0 Å². The maximum absolute atomic E-state index is 7.10. The molecular formula is C4H11N. The van der Waals surface area contributed by atoms with E-state index in [1.807, 2.05) is 0 Å². The van der Waals surface area contributed by atoms with Crippen molar-refractivity contribution < 1.29 is 13.7 Å².